The molecule has 0 aliphatic carbocycles. The summed E-state index contributed by atoms with van der Waals surface area (Å²) in [7, 11) is -9.58. The summed E-state index contributed by atoms with van der Waals surface area (Å²) in [5.41, 5.74) is 0.517. The first-order chi connectivity index (χ1) is 26.3. The zero-order valence-corrected chi connectivity index (χ0v) is 30.7. The van der Waals surface area contributed by atoms with Gasteiger partial charge in [-0.1, -0.05) is 24.3 Å². The van der Waals surface area contributed by atoms with Crippen LogP contribution in [0.25, 0.3) is 21.5 Å². The summed E-state index contributed by atoms with van der Waals surface area (Å²) in [6.45, 7) is 3.08. The van der Waals surface area contributed by atoms with Gasteiger partial charge in [-0.25, -0.2) is 0 Å². The molecule has 16 nitrogen and oxygen atoms in total. The second-order valence-electron chi connectivity index (χ2n) is 12.4. The summed E-state index contributed by atoms with van der Waals surface area (Å²) in [6, 6.07) is 21.2. The predicted octanol–water partition coefficient (Wildman–Crippen LogP) is 5.60. The first-order valence-electron chi connectivity index (χ1n) is 16.2. The number of hydrogen-bond donors (Lipinski definition) is 8. The average Bonchev–Trinajstić information content (AvgIpc) is 3.12. The first-order valence-corrected chi connectivity index (χ1v) is 19.1. The van der Waals surface area contributed by atoms with Gasteiger partial charge in [0.25, 0.3) is 32.1 Å². The maximum Gasteiger partial charge on any atom is 0.314 e. The number of nitrogens with one attached hydrogen (secondary N) is 4. The molecule has 0 bridgehead atoms. The maximum atomic E-state index is 13.3. The summed E-state index contributed by atoms with van der Waals surface area (Å²) in [5.74, 6) is -4.11. The Kier molecular flexibility index (Phi) is 10.2. The molecule has 0 aromatic heterocycles. The van der Waals surface area contributed by atoms with Crippen molar-refractivity contribution in [2.24, 2.45) is 0 Å². The van der Waals surface area contributed by atoms with E-state index in [1.165, 1.54) is 98.8 Å². The van der Waals surface area contributed by atoms with E-state index in [4.69, 9.17) is 0 Å². The minimum Gasteiger partial charge on any atom is -0.507 e. The van der Waals surface area contributed by atoms with Crippen LogP contribution < -0.4 is 21.3 Å². The van der Waals surface area contributed by atoms with Crippen molar-refractivity contribution in [1.29, 1.82) is 0 Å². The topological polar surface area (TPSA) is 266 Å². The first kappa shape index (κ1) is 38.9. The Morgan fingerprint density at radius 2 is 0.857 bits per heavy atom. The molecule has 8 N–H and O–H groups in total. The molecule has 0 aliphatic heterocycles. The lowest BCUT2D eigenvalue weighted by Crippen LogP contribution is -2.29. The van der Waals surface area contributed by atoms with Gasteiger partial charge in [0.05, 0.1) is 11.4 Å². The molecule has 0 unspecified atom stereocenters. The Balaban J connectivity index is 1.15. The molecule has 0 saturated carbocycles. The van der Waals surface area contributed by atoms with Crippen molar-refractivity contribution in [3.63, 3.8) is 0 Å². The van der Waals surface area contributed by atoms with Crippen molar-refractivity contribution in [1.82, 2.24) is 0 Å². The van der Waals surface area contributed by atoms with Crippen LogP contribution in [0.4, 0.5) is 22.7 Å². The quantitative estimate of drug-likeness (QED) is 0.0691. The van der Waals surface area contributed by atoms with Gasteiger partial charge in [0, 0.05) is 44.0 Å². The largest absolute Gasteiger partial charge is 0.507 e. The average molecular weight is 799 g/mol. The molecule has 0 aliphatic rings. The molecule has 56 heavy (non-hydrogen) atoms. The van der Waals surface area contributed by atoms with Crippen LogP contribution in [0.3, 0.4) is 0 Å². The number of hydrogen-bond acceptors (Lipinski definition) is 10. The molecule has 0 atom stereocenters. The third-order valence-corrected chi connectivity index (χ3v) is 10.5. The van der Waals surface area contributed by atoms with E-state index in [0.29, 0.717) is 11.1 Å². The lowest BCUT2D eigenvalue weighted by Gasteiger charge is -2.15. The number of phenols is 2. The number of carbonyl (C=O) groups excluding carboxylic acids is 4. The molecule has 4 amide bonds. The van der Waals surface area contributed by atoms with Crippen molar-refractivity contribution in [3.05, 3.63) is 119 Å². The number of amides is 4. The van der Waals surface area contributed by atoms with E-state index in [-0.39, 0.29) is 66.9 Å². The highest BCUT2D eigenvalue weighted by Crippen LogP contribution is 2.37. The second-order valence-corrected chi connectivity index (χ2v) is 15.2. The van der Waals surface area contributed by atoms with Gasteiger partial charge in [0.2, 0.25) is 0 Å². The number of carbonyl (C=O) groups is 4. The van der Waals surface area contributed by atoms with Crippen molar-refractivity contribution in [3.8, 4) is 11.5 Å². The van der Waals surface area contributed by atoms with Crippen LogP contribution in [0, 0.1) is 13.8 Å². The second kappa shape index (κ2) is 14.8. The Labute approximate surface area is 318 Å². The van der Waals surface area contributed by atoms with E-state index in [1.54, 1.807) is 0 Å². The number of fused-ring (bicyclic) bond motifs is 2. The van der Waals surface area contributed by atoms with Gasteiger partial charge >= 0.3 is 11.8 Å². The lowest BCUT2D eigenvalue weighted by molar-refractivity contribution is -0.133. The summed E-state index contributed by atoms with van der Waals surface area (Å²) < 4.78 is 68.0. The molecule has 6 aromatic carbocycles. The molecule has 6 aromatic rings. The van der Waals surface area contributed by atoms with Crippen LogP contribution in [0.15, 0.2) is 107 Å². The molecule has 286 valence electrons. The van der Waals surface area contributed by atoms with Gasteiger partial charge in [0.1, 0.15) is 21.3 Å². The van der Waals surface area contributed by atoms with E-state index in [0.717, 1.165) is 12.1 Å². The molecule has 0 saturated heterocycles. The zero-order valence-electron chi connectivity index (χ0n) is 29.1. The van der Waals surface area contributed by atoms with Crippen LogP contribution in [0.2, 0.25) is 0 Å². The fourth-order valence-corrected chi connectivity index (χ4v) is 7.27. The van der Waals surface area contributed by atoms with Gasteiger partial charge in [-0.2, -0.15) is 16.8 Å². The van der Waals surface area contributed by atoms with Crippen LogP contribution in [-0.4, -0.2) is 59.8 Å². The number of aryl methyl sites for hydroxylation is 2. The van der Waals surface area contributed by atoms with Gasteiger partial charge in [-0.15, -0.1) is 0 Å². The van der Waals surface area contributed by atoms with Gasteiger partial charge < -0.3 is 31.5 Å². The molecular formula is C38H30N4O12S2. The summed E-state index contributed by atoms with van der Waals surface area (Å²) in [6.07, 6.45) is 0. The Morgan fingerprint density at radius 1 is 0.482 bits per heavy atom. The smallest absolute Gasteiger partial charge is 0.314 e. The lowest BCUT2D eigenvalue weighted by atomic mass is 10.1. The number of anilines is 4. The number of phenolic OH excluding ortho intramolecular Hbond substituents is 2. The molecule has 18 heteroatoms. The molecule has 6 rings (SSSR count). The van der Waals surface area contributed by atoms with E-state index < -0.39 is 53.7 Å². The Bertz CT molecular complexity index is 2700. The summed E-state index contributed by atoms with van der Waals surface area (Å²) >= 11 is 0. The van der Waals surface area contributed by atoms with Gasteiger partial charge in [0.15, 0.2) is 0 Å². The van der Waals surface area contributed by atoms with Crippen molar-refractivity contribution in [2.45, 2.75) is 23.6 Å². The highest BCUT2D eigenvalue weighted by atomic mass is 32.2. The highest BCUT2D eigenvalue weighted by molar-refractivity contribution is 7.86. The fraction of sp³-hybridized carbons (Fsp3) is 0.0526. The van der Waals surface area contributed by atoms with Crippen LogP contribution in [-0.2, 0) is 29.8 Å². The third kappa shape index (κ3) is 7.84. The van der Waals surface area contributed by atoms with E-state index in [2.05, 4.69) is 21.3 Å². The van der Waals surface area contributed by atoms with Crippen molar-refractivity contribution < 1.29 is 55.3 Å². The number of aromatic hydroxyl groups is 2. The minimum absolute atomic E-state index is 0.0240. The summed E-state index contributed by atoms with van der Waals surface area (Å²) in [5, 5.41) is 31.0. The monoisotopic (exact) mass is 798 g/mol. The van der Waals surface area contributed by atoms with Crippen LogP contribution in [0.1, 0.15) is 31.8 Å². The molecule has 0 fully saturated rings. The standard InChI is InChI=1S/C38H30N4O12S2/c1-19-17-21(35(45)41-33-25-5-3-7-29(43)23(25)11-15-31(33)55(49,50)51)9-13-27(19)39-37(47)38(48)40-28-14-10-22(18-20(28)2)36(46)42-34-26-6-4-8-30(44)24(26)12-16-32(34)56(52,53)54/h3-18,43-44H,1-2H3,(H,39,47)(H,40,48)(H,41,45)(H,42,46)(H,49,50,51)(H,52,53,54). The number of rotatable bonds is 8. The van der Waals surface area contributed by atoms with E-state index in [9.17, 15) is 55.3 Å². The normalized spacial score (nSPS) is 11.6. The van der Waals surface area contributed by atoms with Crippen molar-refractivity contribution >= 4 is 88.2 Å². The van der Waals surface area contributed by atoms with Crippen molar-refractivity contribution in [2.75, 3.05) is 21.3 Å². The Morgan fingerprint density at radius 3 is 1.20 bits per heavy atom. The molecule has 0 heterocycles. The Hall–Kier alpha value is -6.86. The fourth-order valence-electron chi connectivity index (χ4n) is 5.95. The van der Waals surface area contributed by atoms with E-state index >= 15 is 0 Å². The molecule has 0 spiro atoms. The zero-order chi connectivity index (χ0) is 40.7. The molecule has 0 radical (unpaired) electrons. The minimum atomic E-state index is -4.79. The summed E-state index contributed by atoms with van der Waals surface area (Å²) in [4.78, 5) is 51.1. The number of benzene rings is 6. The maximum absolute atomic E-state index is 13.3. The van der Waals surface area contributed by atoms with Gasteiger partial charge in [-0.05, 0) is 97.8 Å². The van der Waals surface area contributed by atoms with Crippen LogP contribution >= 0.6 is 0 Å². The van der Waals surface area contributed by atoms with Gasteiger partial charge in [-0.3, -0.25) is 28.3 Å². The molecular weight excluding hydrogens is 769 g/mol. The van der Waals surface area contributed by atoms with E-state index in [1.807, 2.05) is 0 Å². The SMILES string of the molecule is Cc1cc(C(=O)Nc2c(S(=O)(=O)O)ccc3c(O)cccc23)ccc1NC(=O)C(=O)Nc1ccc(C(=O)Nc2c(S(=O)(=O)O)ccc3c(O)cccc23)cc1C. The third-order valence-electron chi connectivity index (χ3n) is 8.71. The van der Waals surface area contributed by atoms with Crippen LogP contribution in [0.5, 0.6) is 11.5 Å². The highest BCUT2D eigenvalue weighted by Gasteiger charge is 2.24. The predicted molar refractivity (Wildman–Crippen MR) is 206 cm³/mol.